The maximum Gasteiger partial charge on any atom is 0.410 e. The van der Waals surface area contributed by atoms with Crippen LogP contribution in [0.25, 0.3) is 11.0 Å². The second-order valence-corrected chi connectivity index (χ2v) is 10.2. The first-order valence-corrected chi connectivity index (χ1v) is 12.5. The molecule has 0 unspecified atom stereocenters. The molecule has 9 heteroatoms. The van der Waals surface area contributed by atoms with Crippen LogP contribution in [0.15, 0.2) is 47.4 Å². The van der Waals surface area contributed by atoms with Gasteiger partial charge in [0.25, 0.3) is 5.56 Å². The number of aryl methyl sites for hydroxylation is 1. The lowest BCUT2D eigenvalue weighted by Gasteiger charge is -2.35. The molecule has 4 rings (SSSR count). The number of nitrogens with one attached hydrogen (secondary N) is 1. The molecule has 2 aromatic heterocycles. The average molecular weight is 493 g/mol. The van der Waals surface area contributed by atoms with Gasteiger partial charge in [0.1, 0.15) is 11.2 Å². The Kier molecular flexibility index (Phi) is 7.59. The van der Waals surface area contributed by atoms with Crippen LogP contribution in [0.5, 0.6) is 0 Å². The third-order valence-corrected chi connectivity index (χ3v) is 6.29. The van der Waals surface area contributed by atoms with E-state index in [2.05, 4.69) is 51.4 Å². The first-order valence-electron chi connectivity index (χ1n) is 12.5. The first kappa shape index (κ1) is 25.6. The molecule has 3 heterocycles. The van der Waals surface area contributed by atoms with Crippen molar-refractivity contribution in [2.45, 2.75) is 59.4 Å². The van der Waals surface area contributed by atoms with E-state index in [-0.39, 0.29) is 17.7 Å². The summed E-state index contributed by atoms with van der Waals surface area (Å²) in [6.07, 6.45) is 1.51. The van der Waals surface area contributed by atoms with Crippen molar-refractivity contribution in [2.24, 2.45) is 0 Å². The van der Waals surface area contributed by atoms with Crippen LogP contribution in [0.3, 0.4) is 0 Å². The highest BCUT2D eigenvalue weighted by molar-refractivity contribution is 5.75. The lowest BCUT2D eigenvalue weighted by atomic mass is 10.1. The summed E-state index contributed by atoms with van der Waals surface area (Å²) in [4.78, 5) is 37.6. The molecule has 1 N–H and O–H groups in total. The number of aromatic nitrogens is 3. The number of hydrogen-bond donors (Lipinski definition) is 1. The van der Waals surface area contributed by atoms with Crippen LogP contribution in [0.2, 0.25) is 0 Å². The van der Waals surface area contributed by atoms with E-state index in [4.69, 9.17) is 4.74 Å². The number of amides is 1. The average Bonchev–Trinajstić information content (AvgIpc) is 2.84. The maximum absolute atomic E-state index is 12.3. The Balaban J connectivity index is 1.33. The van der Waals surface area contributed by atoms with E-state index >= 15 is 0 Å². The molecule has 36 heavy (non-hydrogen) atoms. The smallest absolute Gasteiger partial charge is 0.410 e. The van der Waals surface area contributed by atoms with E-state index in [1.165, 1.54) is 5.56 Å². The minimum atomic E-state index is -0.472. The Morgan fingerprint density at radius 3 is 2.42 bits per heavy atom. The summed E-state index contributed by atoms with van der Waals surface area (Å²) in [5.41, 5.74) is 2.45. The maximum atomic E-state index is 12.3. The van der Waals surface area contributed by atoms with Gasteiger partial charge in [-0.1, -0.05) is 24.3 Å². The highest BCUT2D eigenvalue weighted by Gasteiger charge is 2.25. The van der Waals surface area contributed by atoms with Crippen LogP contribution in [0.1, 0.15) is 51.8 Å². The van der Waals surface area contributed by atoms with Gasteiger partial charge in [-0.05, 0) is 51.8 Å². The lowest BCUT2D eigenvalue weighted by Crippen LogP contribution is -2.49. The van der Waals surface area contributed by atoms with Gasteiger partial charge in [0.2, 0.25) is 5.95 Å². The minimum Gasteiger partial charge on any atom is -0.444 e. The third-order valence-electron chi connectivity index (χ3n) is 6.29. The first-order chi connectivity index (χ1) is 17.1. The zero-order chi connectivity index (χ0) is 25.9. The summed E-state index contributed by atoms with van der Waals surface area (Å²) in [6.45, 7) is 14.0. The van der Waals surface area contributed by atoms with Crippen molar-refractivity contribution in [3.8, 4) is 0 Å². The van der Waals surface area contributed by atoms with Gasteiger partial charge in [-0.25, -0.2) is 9.78 Å². The molecule has 1 aliphatic heterocycles. The molecule has 0 bridgehead atoms. The number of ether oxygens (including phenoxy) is 1. The minimum absolute atomic E-state index is 0.000570. The highest BCUT2D eigenvalue weighted by Crippen LogP contribution is 2.20. The molecule has 1 aliphatic rings. The van der Waals surface area contributed by atoms with E-state index in [1.807, 2.05) is 27.7 Å². The van der Waals surface area contributed by atoms with Gasteiger partial charge in [0, 0.05) is 56.9 Å². The molecule has 1 atom stereocenters. The summed E-state index contributed by atoms with van der Waals surface area (Å²) in [5.74, 6) is 0.495. The summed E-state index contributed by atoms with van der Waals surface area (Å²) < 4.78 is 7.13. The quantitative estimate of drug-likeness (QED) is 0.555. The lowest BCUT2D eigenvalue weighted by molar-refractivity contribution is 0.0139. The van der Waals surface area contributed by atoms with Crippen LogP contribution in [0.4, 0.5) is 10.7 Å². The fraction of sp³-hybridized carbons (Fsp3) is 0.481. The van der Waals surface area contributed by atoms with E-state index < -0.39 is 5.60 Å². The fourth-order valence-corrected chi connectivity index (χ4v) is 4.31. The Bertz CT molecular complexity index is 1260. The molecule has 0 aliphatic carbocycles. The number of nitrogens with zero attached hydrogens (tertiary/aromatic N) is 5. The van der Waals surface area contributed by atoms with Gasteiger partial charge < -0.3 is 15.0 Å². The van der Waals surface area contributed by atoms with Gasteiger partial charge in [-0.3, -0.25) is 14.3 Å². The standard InChI is InChI=1S/C27H36N6O3/c1-6-33-23(34)12-11-22-17-28-25(30-24(22)33)29-19(2)21-9-7-20(8-10-21)18-31-13-15-32(16-14-31)26(35)36-27(3,4)5/h7-12,17,19H,6,13-16,18H2,1-5H3,(H,28,29,30)/t19-/m0/s1. The van der Waals surface area contributed by atoms with E-state index in [0.717, 1.165) is 30.6 Å². The summed E-state index contributed by atoms with van der Waals surface area (Å²) in [6, 6.07) is 11.8. The molecule has 1 saturated heterocycles. The van der Waals surface area contributed by atoms with Gasteiger partial charge in [-0.15, -0.1) is 0 Å². The van der Waals surface area contributed by atoms with E-state index in [1.54, 1.807) is 27.8 Å². The topological polar surface area (TPSA) is 92.6 Å². The Labute approximate surface area is 212 Å². The number of benzene rings is 1. The number of piperazine rings is 1. The molecule has 9 nitrogen and oxygen atoms in total. The van der Waals surface area contributed by atoms with Crippen LogP contribution in [-0.2, 0) is 17.8 Å². The van der Waals surface area contributed by atoms with Crippen LogP contribution < -0.4 is 10.9 Å². The van der Waals surface area contributed by atoms with Crippen molar-refractivity contribution in [1.29, 1.82) is 0 Å². The number of pyridine rings is 1. The summed E-state index contributed by atoms with van der Waals surface area (Å²) >= 11 is 0. The predicted molar refractivity (Wildman–Crippen MR) is 141 cm³/mol. The van der Waals surface area contributed by atoms with Gasteiger partial charge in [-0.2, -0.15) is 4.98 Å². The molecule has 1 amide bonds. The summed E-state index contributed by atoms with van der Waals surface area (Å²) in [5, 5.41) is 4.19. The molecule has 1 fully saturated rings. The predicted octanol–water partition coefficient (Wildman–Crippen LogP) is 4.04. The number of fused-ring (bicyclic) bond motifs is 1. The van der Waals surface area contributed by atoms with Crippen LogP contribution in [-0.4, -0.2) is 62.2 Å². The van der Waals surface area contributed by atoms with Crippen molar-refractivity contribution in [3.63, 3.8) is 0 Å². The zero-order valence-corrected chi connectivity index (χ0v) is 21.8. The van der Waals surface area contributed by atoms with Crippen molar-refractivity contribution in [2.75, 3.05) is 31.5 Å². The fourth-order valence-electron chi connectivity index (χ4n) is 4.31. The summed E-state index contributed by atoms with van der Waals surface area (Å²) in [7, 11) is 0. The number of rotatable bonds is 6. The van der Waals surface area contributed by atoms with Crippen molar-refractivity contribution in [1.82, 2.24) is 24.3 Å². The Morgan fingerprint density at radius 2 is 1.78 bits per heavy atom. The van der Waals surface area contributed by atoms with Gasteiger partial charge >= 0.3 is 6.09 Å². The van der Waals surface area contributed by atoms with Crippen molar-refractivity contribution < 1.29 is 9.53 Å². The Morgan fingerprint density at radius 1 is 1.08 bits per heavy atom. The van der Waals surface area contributed by atoms with Crippen molar-refractivity contribution >= 4 is 23.1 Å². The molecular formula is C27H36N6O3. The van der Waals surface area contributed by atoms with E-state index in [9.17, 15) is 9.59 Å². The van der Waals surface area contributed by atoms with Crippen molar-refractivity contribution in [3.05, 3.63) is 64.1 Å². The largest absolute Gasteiger partial charge is 0.444 e. The zero-order valence-electron chi connectivity index (χ0n) is 21.8. The number of carbonyl (C=O) groups excluding carboxylic acids is 1. The molecule has 0 spiro atoms. The Hall–Kier alpha value is -3.46. The highest BCUT2D eigenvalue weighted by atomic mass is 16.6. The number of carbonyl (C=O) groups is 1. The van der Waals surface area contributed by atoms with Crippen LogP contribution in [0, 0.1) is 0 Å². The van der Waals surface area contributed by atoms with Crippen LogP contribution >= 0.6 is 0 Å². The molecule has 1 aromatic carbocycles. The molecule has 192 valence electrons. The number of hydrogen-bond acceptors (Lipinski definition) is 7. The van der Waals surface area contributed by atoms with Gasteiger partial charge in [0.05, 0.1) is 6.04 Å². The molecule has 3 aromatic rings. The molecular weight excluding hydrogens is 456 g/mol. The molecule has 0 saturated carbocycles. The second-order valence-electron chi connectivity index (χ2n) is 10.2. The SMILES string of the molecule is CCn1c(=O)ccc2cnc(N[C@@H](C)c3ccc(CN4CCN(C(=O)OC(C)(C)C)CC4)cc3)nc21. The molecule has 0 radical (unpaired) electrons. The monoisotopic (exact) mass is 492 g/mol. The normalized spacial score (nSPS) is 15.6. The second kappa shape index (κ2) is 10.7. The number of anilines is 1. The third kappa shape index (κ3) is 6.20. The van der Waals surface area contributed by atoms with E-state index in [0.29, 0.717) is 31.2 Å². The van der Waals surface area contributed by atoms with Gasteiger partial charge in [0.15, 0.2) is 0 Å².